The number of rotatable bonds is 2. The lowest BCUT2D eigenvalue weighted by molar-refractivity contribution is 0.161. The number of aryl methyl sites for hydroxylation is 1. The molecular formula is C12H15ClNO. The van der Waals surface area contributed by atoms with Gasteiger partial charge in [0.2, 0.25) is 0 Å². The summed E-state index contributed by atoms with van der Waals surface area (Å²) in [6.45, 7) is 3.86. The SMILES string of the molecule is Cc1ccc(Cl)c(OC2CC[N]CC2)c1. The van der Waals surface area contributed by atoms with Gasteiger partial charge in [0.25, 0.3) is 0 Å². The summed E-state index contributed by atoms with van der Waals surface area (Å²) < 4.78 is 5.87. The fourth-order valence-electron chi connectivity index (χ4n) is 1.73. The molecule has 1 aromatic carbocycles. The number of hydrogen-bond acceptors (Lipinski definition) is 1. The van der Waals surface area contributed by atoms with E-state index in [1.165, 1.54) is 5.56 Å². The van der Waals surface area contributed by atoms with Crippen LogP contribution in [0.15, 0.2) is 18.2 Å². The van der Waals surface area contributed by atoms with Crippen LogP contribution in [0.4, 0.5) is 0 Å². The fraction of sp³-hybridized carbons (Fsp3) is 0.500. The van der Waals surface area contributed by atoms with Crippen LogP contribution in [0.3, 0.4) is 0 Å². The number of halogens is 1. The maximum Gasteiger partial charge on any atom is 0.138 e. The zero-order valence-electron chi connectivity index (χ0n) is 8.87. The Bertz CT molecular complexity index is 334. The molecule has 0 amide bonds. The van der Waals surface area contributed by atoms with Crippen molar-refractivity contribution in [1.82, 2.24) is 5.32 Å². The van der Waals surface area contributed by atoms with Crippen molar-refractivity contribution in [2.24, 2.45) is 0 Å². The van der Waals surface area contributed by atoms with Crippen LogP contribution in [0, 0.1) is 6.92 Å². The van der Waals surface area contributed by atoms with Crippen molar-refractivity contribution >= 4 is 11.6 Å². The number of nitrogens with zero attached hydrogens (tertiary/aromatic N) is 1. The van der Waals surface area contributed by atoms with Gasteiger partial charge in [-0.05, 0) is 37.5 Å². The fourth-order valence-corrected chi connectivity index (χ4v) is 1.89. The summed E-state index contributed by atoms with van der Waals surface area (Å²) in [7, 11) is 0. The van der Waals surface area contributed by atoms with E-state index in [2.05, 4.69) is 5.32 Å². The van der Waals surface area contributed by atoms with Crippen LogP contribution in [-0.2, 0) is 0 Å². The van der Waals surface area contributed by atoms with Gasteiger partial charge in [0.15, 0.2) is 0 Å². The average Bonchev–Trinajstić information content (AvgIpc) is 2.25. The quantitative estimate of drug-likeness (QED) is 0.758. The third-order valence-electron chi connectivity index (χ3n) is 2.60. The lowest BCUT2D eigenvalue weighted by Crippen LogP contribution is -2.30. The molecule has 1 aromatic rings. The normalized spacial score (nSPS) is 17.7. The van der Waals surface area contributed by atoms with Crippen LogP contribution in [0.25, 0.3) is 0 Å². The first-order valence-corrected chi connectivity index (χ1v) is 5.69. The first-order chi connectivity index (χ1) is 7.25. The van der Waals surface area contributed by atoms with Gasteiger partial charge in [0.05, 0.1) is 5.02 Å². The number of ether oxygens (including phenoxy) is 1. The average molecular weight is 225 g/mol. The van der Waals surface area contributed by atoms with Crippen LogP contribution in [0.1, 0.15) is 18.4 Å². The number of hydrogen-bond donors (Lipinski definition) is 0. The van der Waals surface area contributed by atoms with Crippen molar-refractivity contribution in [1.29, 1.82) is 0 Å². The topological polar surface area (TPSA) is 23.3 Å². The predicted octanol–water partition coefficient (Wildman–Crippen LogP) is 2.79. The summed E-state index contributed by atoms with van der Waals surface area (Å²) in [6, 6.07) is 5.87. The monoisotopic (exact) mass is 224 g/mol. The van der Waals surface area contributed by atoms with Gasteiger partial charge in [-0.2, -0.15) is 0 Å². The third-order valence-corrected chi connectivity index (χ3v) is 2.91. The molecule has 81 valence electrons. The molecule has 1 radical (unpaired) electrons. The summed E-state index contributed by atoms with van der Waals surface area (Å²) in [4.78, 5) is 0. The molecule has 0 spiro atoms. The van der Waals surface area contributed by atoms with E-state index in [-0.39, 0.29) is 6.10 Å². The summed E-state index contributed by atoms with van der Waals surface area (Å²) >= 11 is 6.07. The van der Waals surface area contributed by atoms with E-state index in [4.69, 9.17) is 16.3 Å². The van der Waals surface area contributed by atoms with E-state index in [1.807, 2.05) is 25.1 Å². The second-order valence-electron chi connectivity index (χ2n) is 3.92. The second-order valence-corrected chi connectivity index (χ2v) is 4.33. The van der Waals surface area contributed by atoms with Crippen LogP contribution < -0.4 is 10.1 Å². The first-order valence-electron chi connectivity index (χ1n) is 5.32. The molecule has 0 N–H and O–H groups in total. The van der Waals surface area contributed by atoms with Crippen LogP contribution in [-0.4, -0.2) is 19.2 Å². The molecule has 0 atom stereocenters. The number of piperidine rings is 1. The van der Waals surface area contributed by atoms with Crippen molar-refractivity contribution in [2.45, 2.75) is 25.9 Å². The maximum atomic E-state index is 6.07. The molecule has 1 aliphatic rings. The standard InChI is InChI=1S/C12H15ClNO/c1-9-2-3-11(13)12(8-9)15-10-4-6-14-7-5-10/h2-3,8,10H,4-7H2,1H3. The molecule has 0 bridgehead atoms. The van der Waals surface area contributed by atoms with Gasteiger partial charge in [0, 0.05) is 13.1 Å². The minimum absolute atomic E-state index is 0.279. The molecule has 2 rings (SSSR count). The highest BCUT2D eigenvalue weighted by Crippen LogP contribution is 2.27. The lowest BCUT2D eigenvalue weighted by atomic mass is 10.1. The zero-order chi connectivity index (χ0) is 10.7. The molecule has 1 aliphatic heterocycles. The van der Waals surface area contributed by atoms with E-state index in [9.17, 15) is 0 Å². The maximum absolute atomic E-state index is 6.07. The smallest absolute Gasteiger partial charge is 0.138 e. The molecule has 3 heteroatoms. The molecule has 0 aliphatic carbocycles. The van der Waals surface area contributed by atoms with E-state index in [0.29, 0.717) is 5.02 Å². The minimum Gasteiger partial charge on any atom is -0.489 e. The van der Waals surface area contributed by atoms with E-state index >= 15 is 0 Å². The van der Waals surface area contributed by atoms with E-state index < -0.39 is 0 Å². The summed E-state index contributed by atoms with van der Waals surface area (Å²) in [5, 5.41) is 4.99. The van der Waals surface area contributed by atoms with Gasteiger partial charge in [-0.3, -0.25) is 0 Å². The first kappa shape index (κ1) is 10.8. The Morgan fingerprint density at radius 2 is 2.07 bits per heavy atom. The van der Waals surface area contributed by atoms with Gasteiger partial charge < -0.3 is 4.74 Å². The Balaban J connectivity index is 2.05. The second kappa shape index (κ2) is 4.86. The molecule has 15 heavy (non-hydrogen) atoms. The molecule has 1 saturated heterocycles. The summed E-state index contributed by atoms with van der Waals surface area (Å²) in [5.74, 6) is 0.809. The Kier molecular flexibility index (Phi) is 3.49. The van der Waals surface area contributed by atoms with Crippen molar-refractivity contribution < 1.29 is 4.74 Å². The third kappa shape index (κ3) is 2.86. The Morgan fingerprint density at radius 1 is 1.33 bits per heavy atom. The molecule has 1 heterocycles. The van der Waals surface area contributed by atoms with E-state index in [0.717, 1.165) is 31.7 Å². The predicted molar refractivity (Wildman–Crippen MR) is 61.7 cm³/mol. The molecule has 2 nitrogen and oxygen atoms in total. The Labute approximate surface area is 95.6 Å². The zero-order valence-corrected chi connectivity index (χ0v) is 9.63. The molecular weight excluding hydrogens is 210 g/mol. The van der Waals surface area contributed by atoms with Crippen LogP contribution >= 0.6 is 11.6 Å². The van der Waals surface area contributed by atoms with Gasteiger partial charge in [0.1, 0.15) is 11.9 Å². The molecule has 0 saturated carbocycles. The molecule has 0 aromatic heterocycles. The Morgan fingerprint density at radius 3 is 2.80 bits per heavy atom. The summed E-state index contributed by atoms with van der Waals surface area (Å²) in [5.41, 5.74) is 1.18. The highest BCUT2D eigenvalue weighted by atomic mass is 35.5. The van der Waals surface area contributed by atoms with Crippen LogP contribution in [0.2, 0.25) is 5.02 Å². The van der Waals surface area contributed by atoms with Crippen molar-refractivity contribution in [3.8, 4) is 5.75 Å². The van der Waals surface area contributed by atoms with Crippen molar-refractivity contribution in [2.75, 3.05) is 13.1 Å². The highest BCUT2D eigenvalue weighted by molar-refractivity contribution is 6.32. The van der Waals surface area contributed by atoms with E-state index in [1.54, 1.807) is 0 Å². The molecule has 1 fully saturated rings. The van der Waals surface area contributed by atoms with Crippen LogP contribution in [0.5, 0.6) is 5.75 Å². The van der Waals surface area contributed by atoms with Crippen molar-refractivity contribution in [3.63, 3.8) is 0 Å². The van der Waals surface area contributed by atoms with Gasteiger partial charge in [-0.1, -0.05) is 17.7 Å². The van der Waals surface area contributed by atoms with Gasteiger partial charge >= 0.3 is 0 Å². The van der Waals surface area contributed by atoms with Crippen molar-refractivity contribution in [3.05, 3.63) is 28.8 Å². The summed E-state index contributed by atoms with van der Waals surface area (Å²) in [6.07, 6.45) is 2.29. The Hall–Kier alpha value is -0.730. The largest absolute Gasteiger partial charge is 0.489 e. The lowest BCUT2D eigenvalue weighted by Gasteiger charge is -2.23. The highest BCUT2D eigenvalue weighted by Gasteiger charge is 2.16. The molecule has 0 unspecified atom stereocenters. The number of benzene rings is 1. The van der Waals surface area contributed by atoms with Gasteiger partial charge in [-0.25, -0.2) is 5.32 Å². The minimum atomic E-state index is 0.279. The van der Waals surface area contributed by atoms with Gasteiger partial charge in [-0.15, -0.1) is 0 Å².